The van der Waals surface area contributed by atoms with Crippen LogP contribution >= 0.6 is 27.3 Å². The SMILES string of the molecule is Cc1cccc(-c2nc(-c3cccc(Br)c3)c(C)s2)c1. The first-order valence-corrected chi connectivity index (χ1v) is 8.05. The highest BCUT2D eigenvalue weighted by Crippen LogP contribution is 2.34. The third kappa shape index (κ3) is 2.69. The Morgan fingerprint density at radius 3 is 2.45 bits per heavy atom. The van der Waals surface area contributed by atoms with Gasteiger partial charge < -0.3 is 0 Å². The second kappa shape index (κ2) is 5.51. The van der Waals surface area contributed by atoms with Crippen LogP contribution in [0.4, 0.5) is 0 Å². The van der Waals surface area contributed by atoms with E-state index >= 15 is 0 Å². The number of halogens is 1. The zero-order valence-corrected chi connectivity index (χ0v) is 13.8. The Morgan fingerprint density at radius 2 is 1.70 bits per heavy atom. The van der Waals surface area contributed by atoms with Crippen LogP contribution in [0.25, 0.3) is 21.8 Å². The maximum atomic E-state index is 4.83. The molecule has 0 bridgehead atoms. The van der Waals surface area contributed by atoms with Crippen LogP contribution in [0.1, 0.15) is 10.4 Å². The summed E-state index contributed by atoms with van der Waals surface area (Å²) in [6.07, 6.45) is 0. The largest absolute Gasteiger partial charge is 0.236 e. The fourth-order valence-electron chi connectivity index (χ4n) is 2.20. The van der Waals surface area contributed by atoms with E-state index in [1.54, 1.807) is 11.3 Å². The van der Waals surface area contributed by atoms with Gasteiger partial charge in [0.1, 0.15) is 5.01 Å². The first-order chi connectivity index (χ1) is 9.63. The number of benzene rings is 2. The Labute approximate surface area is 131 Å². The Kier molecular flexibility index (Phi) is 3.72. The molecule has 3 heteroatoms. The average molecular weight is 344 g/mol. The van der Waals surface area contributed by atoms with Gasteiger partial charge in [-0.1, -0.05) is 51.8 Å². The van der Waals surface area contributed by atoms with Gasteiger partial charge in [0.15, 0.2) is 0 Å². The van der Waals surface area contributed by atoms with Crippen LogP contribution in [-0.4, -0.2) is 4.98 Å². The topological polar surface area (TPSA) is 12.9 Å². The number of rotatable bonds is 2. The third-order valence-electron chi connectivity index (χ3n) is 3.16. The lowest BCUT2D eigenvalue weighted by Crippen LogP contribution is -1.82. The predicted molar refractivity (Wildman–Crippen MR) is 90.2 cm³/mol. The number of hydrogen-bond donors (Lipinski definition) is 0. The first-order valence-electron chi connectivity index (χ1n) is 6.44. The molecular formula is C17H14BrNS. The minimum atomic E-state index is 1.08. The van der Waals surface area contributed by atoms with Crippen molar-refractivity contribution in [1.82, 2.24) is 4.98 Å². The highest BCUT2D eigenvalue weighted by Gasteiger charge is 2.11. The van der Waals surface area contributed by atoms with E-state index in [1.165, 1.54) is 16.0 Å². The van der Waals surface area contributed by atoms with Crippen LogP contribution < -0.4 is 0 Å². The molecule has 3 rings (SSSR count). The van der Waals surface area contributed by atoms with E-state index in [4.69, 9.17) is 4.98 Å². The summed E-state index contributed by atoms with van der Waals surface area (Å²) < 4.78 is 1.08. The maximum Gasteiger partial charge on any atom is 0.124 e. The lowest BCUT2D eigenvalue weighted by atomic mass is 10.1. The van der Waals surface area contributed by atoms with Crippen LogP contribution in [0.5, 0.6) is 0 Å². The number of nitrogens with zero attached hydrogens (tertiary/aromatic N) is 1. The summed E-state index contributed by atoms with van der Waals surface area (Å²) >= 11 is 5.27. The highest BCUT2D eigenvalue weighted by atomic mass is 79.9. The Hall–Kier alpha value is -1.45. The number of thiazole rings is 1. The Balaban J connectivity index is 2.08. The van der Waals surface area contributed by atoms with Crippen molar-refractivity contribution in [1.29, 1.82) is 0 Å². The fraction of sp³-hybridized carbons (Fsp3) is 0.118. The molecule has 0 fully saturated rings. The van der Waals surface area contributed by atoms with Gasteiger partial charge in [0.05, 0.1) is 5.69 Å². The molecular weight excluding hydrogens is 330 g/mol. The molecule has 1 nitrogen and oxygen atoms in total. The van der Waals surface area contributed by atoms with Crippen molar-refractivity contribution in [2.75, 3.05) is 0 Å². The molecule has 0 spiro atoms. The van der Waals surface area contributed by atoms with Gasteiger partial charge in [0, 0.05) is 20.5 Å². The number of hydrogen-bond acceptors (Lipinski definition) is 2. The smallest absolute Gasteiger partial charge is 0.124 e. The molecule has 1 aromatic heterocycles. The van der Waals surface area contributed by atoms with Crippen molar-refractivity contribution in [2.24, 2.45) is 0 Å². The van der Waals surface area contributed by atoms with Gasteiger partial charge in [-0.15, -0.1) is 11.3 Å². The predicted octanol–water partition coefficient (Wildman–Crippen LogP) is 5.86. The summed E-state index contributed by atoms with van der Waals surface area (Å²) in [6, 6.07) is 16.8. The number of aryl methyl sites for hydroxylation is 2. The van der Waals surface area contributed by atoms with Gasteiger partial charge in [0.2, 0.25) is 0 Å². The molecule has 0 saturated heterocycles. The van der Waals surface area contributed by atoms with Crippen molar-refractivity contribution in [3.63, 3.8) is 0 Å². The third-order valence-corrected chi connectivity index (χ3v) is 4.67. The minimum Gasteiger partial charge on any atom is -0.236 e. The summed E-state index contributed by atoms with van der Waals surface area (Å²) in [7, 11) is 0. The molecule has 100 valence electrons. The second-order valence-corrected chi connectivity index (χ2v) is 6.92. The molecule has 0 aliphatic rings. The standard InChI is InChI=1S/C17H14BrNS/c1-11-5-3-7-14(9-11)17-19-16(12(2)20-17)13-6-4-8-15(18)10-13/h3-10H,1-2H3. The molecule has 20 heavy (non-hydrogen) atoms. The van der Waals surface area contributed by atoms with Crippen LogP contribution in [0.2, 0.25) is 0 Å². The lowest BCUT2D eigenvalue weighted by Gasteiger charge is -1.99. The van der Waals surface area contributed by atoms with Gasteiger partial charge in [0.25, 0.3) is 0 Å². The lowest BCUT2D eigenvalue weighted by molar-refractivity contribution is 1.36. The summed E-state index contributed by atoms with van der Waals surface area (Å²) in [5, 5.41) is 1.08. The van der Waals surface area contributed by atoms with Gasteiger partial charge in [-0.05, 0) is 32.0 Å². The Bertz CT molecular complexity index is 761. The zero-order valence-electron chi connectivity index (χ0n) is 11.4. The molecule has 0 unspecified atom stereocenters. The van der Waals surface area contributed by atoms with Crippen molar-refractivity contribution in [3.05, 3.63) is 63.4 Å². The van der Waals surface area contributed by atoms with Crippen molar-refractivity contribution in [3.8, 4) is 21.8 Å². The molecule has 0 N–H and O–H groups in total. The molecule has 0 radical (unpaired) electrons. The van der Waals surface area contributed by atoms with E-state index in [1.807, 2.05) is 12.1 Å². The average Bonchev–Trinajstić information content (AvgIpc) is 2.81. The van der Waals surface area contributed by atoms with Crippen LogP contribution in [0.15, 0.2) is 53.0 Å². The fourth-order valence-corrected chi connectivity index (χ4v) is 3.53. The Morgan fingerprint density at radius 1 is 0.950 bits per heavy atom. The monoisotopic (exact) mass is 343 g/mol. The minimum absolute atomic E-state index is 1.08. The first kappa shape index (κ1) is 13.5. The summed E-state index contributed by atoms with van der Waals surface area (Å²) in [6.45, 7) is 4.24. The second-order valence-electron chi connectivity index (χ2n) is 4.80. The van der Waals surface area contributed by atoms with E-state index in [9.17, 15) is 0 Å². The van der Waals surface area contributed by atoms with E-state index in [0.717, 1.165) is 20.7 Å². The van der Waals surface area contributed by atoms with Gasteiger partial charge in [-0.3, -0.25) is 0 Å². The number of aromatic nitrogens is 1. The van der Waals surface area contributed by atoms with Gasteiger partial charge >= 0.3 is 0 Å². The van der Waals surface area contributed by atoms with Gasteiger partial charge in [-0.25, -0.2) is 4.98 Å². The molecule has 0 aliphatic heterocycles. The maximum absolute atomic E-state index is 4.83. The van der Waals surface area contributed by atoms with Crippen LogP contribution in [0.3, 0.4) is 0 Å². The molecule has 3 aromatic rings. The molecule has 0 aliphatic carbocycles. The van der Waals surface area contributed by atoms with E-state index in [0.29, 0.717) is 0 Å². The van der Waals surface area contributed by atoms with E-state index in [-0.39, 0.29) is 0 Å². The summed E-state index contributed by atoms with van der Waals surface area (Å²) in [4.78, 5) is 6.08. The van der Waals surface area contributed by atoms with Crippen molar-refractivity contribution < 1.29 is 0 Å². The summed E-state index contributed by atoms with van der Waals surface area (Å²) in [5.74, 6) is 0. The molecule has 0 amide bonds. The summed E-state index contributed by atoms with van der Waals surface area (Å²) in [5.41, 5.74) is 4.69. The van der Waals surface area contributed by atoms with Crippen molar-refractivity contribution in [2.45, 2.75) is 13.8 Å². The molecule has 0 atom stereocenters. The quantitative estimate of drug-likeness (QED) is 0.568. The highest BCUT2D eigenvalue weighted by molar-refractivity contribution is 9.10. The zero-order chi connectivity index (χ0) is 14.1. The van der Waals surface area contributed by atoms with Crippen molar-refractivity contribution >= 4 is 27.3 Å². The normalized spacial score (nSPS) is 10.8. The van der Waals surface area contributed by atoms with Crippen LogP contribution in [-0.2, 0) is 0 Å². The molecule has 1 heterocycles. The van der Waals surface area contributed by atoms with Crippen LogP contribution in [0, 0.1) is 13.8 Å². The molecule has 2 aromatic carbocycles. The van der Waals surface area contributed by atoms with Gasteiger partial charge in [-0.2, -0.15) is 0 Å². The van der Waals surface area contributed by atoms with E-state index in [2.05, 4.69) is 66.2 Å². The van der Waals surface area contributed by atoms with E-state index < -0.39 is 0 Å². The molecule has 0 saturated carbocycles.